The SMILES string of the molecule is CCOP(=O)(CN(Cc1ccncc1)C(=O)Cc1cc(C(C)(C)C)c(O)c(C(C)(C)C)c1)OCC. The van der Waals surface area contributed by atoms with Gasteiger partial charge in [0.25, 0.3) is 0 Å². The highest BCUT2D eigenvalue weighted by Crippen LogP contribution is 2.49. The Hall–Kier alpha value is -2.21. The zero-order valence-corrected chi connectivity index (χ0v) is 23.3. The van der Waals surface area contributed by atoms with E-state index in [1.54, 1.807) is 26.2 Å². The van der Waals surface area contributed by atoms with Gasteiger partial charge in [-0.05, 0) is 59.1 Å². The number of nitrogens with zero attached hydrogens (tertiary/aromatic N) is 2. The number of aromatic hydroxyl groups is 1. The monoisotopic (exact) mass is 504 g/mol. The van der Waals surface area contributed by atoms with E-state index >= 15 is 0 Å². The van der Waals surface area contributed by atoms with Crippen molar-refractivity contribution in [1.82, 2.24) is 9.88 Å². The molecule has 2 aromatic rings. The summed E-state index contributed by atoms with van der Waals surface area (Å²) < 4.78 is 24.3. The van der Waals surface area contributed by atoms with Crippen LogP contribution in [0.2, 0.25) is 0 Å². The summed E-state index contributed by atoms with van der Waals surface area (Å²) >= 11 is 0. The summed E-state index contributed by atoms with van der Waals surface area (Å²) in [4.78, 5) is 19.2. The van der Waals surface area contributed by atoms with Crippen LogP contribution in [0, 0.1) is 0 Å². The van der Waals surface area contributed by atoms with Crippen LogP contribution in [0.25, 0.3) is 0 Å². The van der Waals surface area contributed by atoms with Gasteiger partial charge < -0.3 is 19.1 Å². The molecule has 194 valence electrons. The van der Waals surface area contributed by atoms with Crippen LogP contribution in [0.4, 0.5) is 0 Å². The number of phenolic OH excluding ortho intramolecular Hbond substituents is 1. The second-order valence-electron chi connectivity index (χ2n) is 10.8. The van der Waals surface area contributed by atoms with Crippen LogP contribution in [-0.2, 0) is 42.2 Å². The van der Waals surface area contributed by atoms with Crippen LogP contribution in [0.5, 0.6) is 5.75 Å². The molecule has 35 heavy (non-hydrogen) atoms. The molecular formula is C27H41N2O5P. The molecule has 1 N–H and O–H groups in total. The number of carbonyl (C=O) groups is 1. The Morgan fingerprint density at radius 2 is 1.43 bits per heavy atom. The van der Waals surface area contributed by atoms with Crippen molar-refractivity contribution < 1.29 is 23.5 Å². The number of hydrogen-bond donors (Lipinski definition) is 1. The molecule has 0 bridgehead atoms. The van der Waals surface area contributed by atoms with E-state index in [1.165, 1.54) is 4.90 Å². The Labute approximate surface area is 210 Å². The van der Waals surface area contributed by atoms with Gasteiger partial charge in [-0.3, -0.25) is 14.3 Å². The normalized spacial score (nSPS) is 12.6. The summed E-state index contributed by atoms with van der Waals surface area (Å²) in [5, 5.41) is 11.0. The van der Waals surface area contributed by atoms with Gasteiger partial charge in [0, 0.05) is 18.9 Å². The number of amides is 1. The first kappa shape index (κ1) is 29.0. The summed E-state index contributed by atoms with van der Waals surface area (Å²) in [7, 11) is -3.50. The first-order chi connectivity index (χ1) is 16.2. The first-order valence-corrected chi connectivity index (χ1v) is 13.8. The molecule has 0 saturated carbocycles. The Bertz CT molecular complexity index is 997. The fraction of sp³-hybridized carbons (Fsp3) is 0.556. The van der Waals surface area contributed by atoms with Gasteiger partial charge in [0.2, 0.25) is 5.91 Å². The van der Waals surface area contributed by atoms with Crippen molar-refractivity contribution in [2.24, 2.45) is 0 Å². The molecular weight excluding hydrogens is 463 g/mol. The van der Waals surface area contributed by atoms with Crippen molar-refractivity contribution in [3.8, 4) is 5.75 Å². The van der Waals surface area contributed by atoms with Gasteiger partial charge in [0.1, 0.15) is 12.0 Å². The Kier molecular flexibility index (Phi) is 9.69. The molecule has 1 amide bonds. The van der Waals surface area contributed by atoms with Gasteiger partial charge in [0.15, 0.2) is 0 Å². The van der Waals surface area contributed by atoms with Crippen molar-refractivity contribution >= 4 is 13.5 Å². The molecule has 0 aliphatic rings. The summed E-state index contributed by atoms with van der Waals surface area (Å²) in [6.45, 7) is 16.4. The molecule has 7 nitrogen and oxygen atoms in total. The highest BCUT2D eigenvalue weighted by molar-refractivity contribution is 7.53. The fourth-order valence-corrected chi connectivity index (χ4v) is 5.57. The third-order valence-electron chi connectivity index (χ3n) is 5.61. The van der Waals surface area contributed by atoms with Crippen molar-refractivity contribution in [2.75, 3.05) is 19.5 Å². The molecule has 1 aromatic heterocycles. The maximum atomic E-state index is 13.6. The number of hydrogen-bond acceptors (Lipinski definition) is 6. The van der Waals surface area contributed by atoms with Crippen LogP contribution in [0.3, 0.4) is 0 Å². The largest absolute Gasteiger partial charge is 0.507 e. The third kappa shape index (κ3) is 8.16. The topological polar surface area (TPSA) is 89.0 Å². The molecule has 8 heteroatoms. The highest BCUT2D eigenvalue weighted by atomic mass is 31.2. The first-order valence-electron chi connectivity index (χ1n) is 12.1. The summed E-state index contributed by atoms with van der Waals surface area (Å²) in [5.41, 5.74) is 2.64. The Balaban J connectivity index is 2.47. The Morgan fingerprint density at radius 1 is 0.943 bits per heavy atom. The molecule has 0 unspecified atom stereocenters. The van der Waals surface area contributed by atoms with Crippen LogP contribution >= 0.6 is 7.60 Å². The number of rotatable bonds is 10. The molecule has 0 saturated heterocycles. The minimum atomic E-state index is -3.50. The minimum Gasteiger partial charge on any atom is -0.507 e. The van der Waals surface area contributed by atoms with Gasteiger partial charge in [-0.1, -0.05) is 53.7 Å². The maximum absolute atomic E-state index is 13.6. The number of aromatic nitrogens is 1. The second-order valence-corrected chi connectivity index (χ2v) is 12.8. The number of benzene rings is 1. The predicted molar refractivity (Wildman–Crippen MR) is 140 cm³/mol. The van der Waals surface area contributed by atoms with Crippen LogP contribution in [0.1, 0.15) is 77.6 Å². The quantitative estimate of drug-likeness (QED) is 0.389. The van der Waals surface area contributed by atoms with E-state index in [0.717, 1.165) is 22.3 Å². The zero-order valence-electron chi connectivity index (χ0n) is 22.4. The molecule has 0 aliphatic heterocycles. The molecule has 1 heterocycles. The van der Waals surface area contributed by atoms with E-state index in [2.05, 4.69) is 4.98 Å². The van der Waals surface area contributed by atoms with Crippen molar-refractivity contribution in [1.29, 1.82) is 0 Å². The average molecular weight is 505 g/mol. The number of phenols is 1. The maximum Gasteiger partial charge on any atom is 0.349 e. The average Bonchev–Trinajstić information content (AvgIpc) is 2.73. The lowest BCUT2D eigenvalue weighted by atomic mass is 9.78. The Morgan fingerprint density at radius 3 is 1.86 bits per heavy atom. The summed E-state index contributed by atoms with van der Waals surface area (Å²) in [5.74, 6) is 0.0684. The van der Waals surface area contributed by atoms with Gasteiger partial charge in [-0.2, -0.15) is 0 Å². The molecule has 1 aromatic carbocycles. The zero-order chi connectivity index (χ0) is 26.4. The second kappa shape index (κ2) is 11.7. The number of pyridine rings is 1. The van der Waals surface area contributed by atoms with Crippen LogP contribution in [-0.4, -0.2) is 40.4 Å². The van der Waals surface area contributed by atoms with Crippen molar-refractivity contribution in [2.45, 2.75) is 79.2 Å². The fourth-order valence-electron chi connectivity index (χ4n) is 3.87. The lowest BCUT2D eigenvalue weighted by Crippen LogP contribution is -2.33. The number of carbonyl (C=O) groups excluding carboxylic acids is 1. The van der Waals surface area contributed by atoms with Crippen LogP contribution in [0.15, 0.2) is 36.7 Å². The minimum absolute atomic E-state index is 0.0930. The molecule has 0 spiro atoms. The highest BCUT2D eigenvalue weighted by Gasteiger charge is 2.31. The van der Waals surface area contributed by atoms with E-state index in [1.807, 2.05) is 65.8 Å². The van der Waals surface area contributed by atoms with Crippen molar-refractivity contribution in [3.05, 3.63) is 58.9 Å². The van der Waals surface area contributed by atoms with E-state index in [-0.39, 0.29) is 55.0 Å². The summed E-state index contributed by atoms with van der Waals surface area (Å²) in [6.07, 6.45) is 3.27. The molecule has 0 fully saturated rings. The lowest BCUT2D eigenvalue weighted by Gasteiger charge is -2.29. The van der Waals surface area contributed by atoms with E-state index in [9.17, 15) is 14.5 Å². The van der Waals surface area contributed by atoms with Gasteiger partial charge in [0.05, 0.1) is 19.6 Å². The molecule has 0 radical (unpaired) electrons. The van der Waals surface area contributed by atoms with Gasteiger partial charge in [-0.25, -0.2) is 0 Å². The van der Waals surface area contributed by atoms with Gasteiger partial charge in [-0.15, -0.1) is 0 Å². The molecule has 2 rings (SSSR count). The standard InChI is InChI=1S/C27H41N2O5P/c1-9-33-35(32,34-10-2)19-29(18-20-11-13-28-14-12-20)24(30)17-21-15-22(26(3,4)5)25(31)23(16-21)27(6,7)8/h11-16,31H,9-10,17-19H2,1-8H3. The van der Waals surface area contributed by atoms with Gasteiger partial charge >= 0.3 is 7.60 Å². The lowest BCUT2D eigenvalue weighted by molar-refractivity contribution is -0.130. The van der Waals surface area contributed by atoms with E-state index in [0.29, 0.717) is 0 Å². The van der Waals surface area contributed by atoms with E-state index in [4.69, 9.17) is 9.05 Å². The predicted octanol–water partition coefficient (Wildman–Crippen LogP) is 6.18. The van der Waals surface area contributed by atoms with Crippen molar-refractivity contribution in [3.63, 3.8) is 0 Å². The van der Waals surface area contributed by atoms with E-state index < -0.39 is 7.60 Å². The summed E-state index contributed by atoms with van der Waals surface area (Å²) in [6, 6.07) is 7.45. The molecule has 0 aliphatic carbocycles. The van der Waals surface area contributed by atoms with Crippen LogP contribution < -0.4 is 0 Å². The third-order valence-corrected chi connectivity index (χ3v) is 7.60. The molecule has 0 atom stereocenters. The smallest absolute Gasteiger partial charge is 0.349 e.